The normalized spacial score (nSPS) is 46.0. The number of allylic oxidation sites excluding steroid dienone is 6. The van der Waals surface area contributed by atoms with E-state index in [0.29, 0.717) is 35.8 Å². The van der Waals surface area contributed by atoms with E-state index in [1.807, 2.05) is 25.3 Å². The van der Waals surface area contributed by atoms with Gasteiger partial charge in [-0.1, -0.05) is 49.8 Å². The molecule has 0 aromatic carbocycles. The maximum absolute atomic E-state index is 12.2. The predicted molar refractivity (Wildman–Crippen MR) is 140 cm³/mol. The summed E-state index contributed by atoms with van der Waals surface area (Å²) in [5.74, 6) is 2.38. The molecule has 1 spiro atoms. The number of fused-ring (bicyclic) bond motifs is 7. The Morgan fingerprint density at radius 3 is 2.78 bits per heavy atom. The molecule has 4 saturated carbocycles. The SMILES string of the molecule is CN1C(OCC(O)C2CCC3C4CCC5=CC(=O)C=CC5(C)C4C4(CC4)CC23C)=NC2C=CC=CC21. The van der Waals surface area contributed by atoms with Gasteiger partial charge in [0.2, 0.25) is 0 Å². The molecule has 1 N–H and O–H groups in total. The van der Waals surface area contributed by atoms with Crippen LogP contribution in [0.5, 0.6) is 0 Å². The van der Waals surface area contributed by atoms with Crippen LogP contribution in [0.4, 0.5) is 0 Å². The van der Waals surface area contributed by atoms with Crippen LogP contribution in [0.25, 0.3) is 0 Å². The lowest BCUT2D eigenvalue weighted by Crippen LogP contribution is -2.55. The molecule has 0 amide bonds. The van der Waals surface area contributed by atoms with Crippen LogP contribution in [0.2, 0.25) is 0 Å². The number of amidine groups is 1. The second kappa shape index (κ2) is 7.69. The lowest BCUT2D eigenvalue weighted by Gasteiger charge is -2.61. The third kappa shape index (κ3) is 3.10. The molecule has 9 atom stereocenters. The first-order chi connectivity index (χ1) is 17.3. The molecule has 5 nitrogen and oxygen atoms in total. The molecule has 7 rings (SSSR count). The molecule has 0 aromatic rings. The van der Waals surface area contributed by atoms with Gasteiger partial charge in [0.15, 0.2) is 5.78 Å². The van der Waals surface area contributed by atoms with E-state index in [4.69, 9.17) is 9.73 Å². The quantitative estimate of drug-likeness (QED) is 0.617. The summed E-state index contributed by atoms with van der Waals surface area (Å²) < 4.78 is 6.19. The summed E-state index contributed by atoms with van der Waals surface area (Å²) in [6.07, 6.45) is 22.3. The number of rotatable bonds is 3. The molecule has 0 aromatic heterocycles. The number of aliphatic hydroxyl groups is 1. The van der Waals surface area contributed by atoms with Crippen LogP contribution >= 0.6 is 0 Å². The van der Waals surface area contributed by atoms with E-state index in [0.717, 1.165) is 12.8 Å². The summed E-state index contributed by atoms with van der Waals surface area (Å²) in [6, 6.07) is 0.984. The molecule has 0 radical (unpaired) electrons. The first-order valence-electron chi connectivity index (χ1n) is 14.2. The molecule has 6 aliphatic carbocycles. The van der Waals surface area contributed by atoms with Crippen LogP contribution < -0.4 is 0 Å². The van der Waals surface area contributed by atoms with Crippen LogP contribution in [0.15, 0.2) is 53.1 Å². The average molecular weight is 489 g/mol. The fourth-order valence-electron chi connectivity index (χ4n) is 10.1. The minimum Gasteiger partial charge on any atom is -0.462 e. The largest absolute Gasteiger partial charge is 0.462 e. The van der Waals surface area contributed by atoms with Crippen LogP contribution in [0, 0.1) is 39.9 Å². The van der Waals surface area contributed by atoms with E-state index in [9.17, 15) is 9.90 Å². The molecule has 5 heteroatoms. The number of carbonyl (C=O) groups excluding carboxylic acids is 1. The highest BCUT2D eigenvalue weighted by Crippen LogP contribution is 2.77. The Morgan fingerprint density at radius 1 is 1.19 bits per heavy atom. The number of nitrogens with zero attached hydrogens (tertiary/aromatic N) is 2. The van der Waals surface area contributed by atoms with Crippen molar-refractivity contribution in [3.05, 3.63) is 48.1 Å². The van der Waals surface area contributed by atoms with E-state index >= 15 is 0 Å². The van der Waals surface area contributed by atoms with Gasteiger partial charge in [-0.3, -0.25) is 4.79 Å². The Morgan fingerprint density at radius 2 is 2.00 bits per heavy atom. The van der Waals surface area contributed by atoms with Crippen LogP contribution in [0.3, 0.4) is 0 Å². The van der Waals surface area contributed by atoms with Crippen molar-refractivity contribution >= 4 is 11.8 Å². The van der Waals surface area contributed by atoms with Gasteiger partial charge in [-0.15, -0.1) is 0 Å². The number of aliphatic hydroxyl groups excluding tert-OH is 1. The Bertz CT molecular complexity index is 1130. The number of carbonyl (C=O) groups is 1. The summed E-state index contributed by atoms with van der Waals surface area (Å²) >= 11 is 0. The van der Waals surface area contributed by atoms with Gasteiger partial charge >= 0.3 is 0 Å². The minimum absolute atomic E-state index is 0.0271. The minimum atomic E-state index is -0.473. The molecule has 0 bridgehead atoms. The first kappa shape index (κ1) is 23.0. The van der Waals surface area contributed by atoms with Crippen molar-refractivity contribution in [3.8, 4) is 0 Å². The number of likely N-dealkylation sites (N-methyl/N-ethyl adjacent to an activating group) is 1. The Balaban J connectivity index is 1.11. The van der Waals surface area contributed by atoms with Crippen molar-refractivity contribution in [1.82, 2.24) is 4.90 Å². The molecule has 1 aliphatic heterocycles. The van der Waals surface area contributed by atoms with E-state index in [2.05, 4.69) is 43.1 Å². The van der Waals surface area contributed by atoms with E-state index in [1.54, 1.807) is 0 Å². The second-order valence-corrected chi connectivity index (χ2v) is 13.4. The van der Waals surface area contributed by atoms with Crippen LogP contribution in [-0.2, 0) is 9.53 Å². The molecule has 0 saturated heterocycles. The van der Waals surface area contributed by atoms with Crippen molar-refractivity contribution in [1.29, 1.82) is 0 Å². The smallest absolute Gasteiger partial charge is 0.288 e. The van der Waals surface area contributed by atoms with Gasteiger partial charge in [0.25, 0.3) is 6.02 Å². The third-order valence-corrected chi connectivity index (χ3v) is 11.6. The number of ether oxygens (including phenoxy) is 1. The molecular formula is C31H40N2O3. The van der Waals surface area contributed by atoms with Gasteiger partial charge in [-0.2, -0.15) is 0 Å². The van der Waals surface area contributed by atoms with Crippen molar-refractivity contribution in [2.24, 2.45) is 44.9 Å². The maximum Gasteiger partial charge on any atom is 0.288 e. The lowest BCUT2D eigenvalue weighted by molar-refractivity contribution is -0.115. The molecule has 7 aliphatic rings. The van der Waals surface area contributed by atoms with Crippen molar-refractivity contribution in [2.45, 2.75) is 77.0 Å². The fraction of sp³-hybridized carbons (Fsp3) is 0.677. The summed E-state index contributed by atoms with van der Waals surface area (Å²) in [6.45, 7) is 5.23. The summed E-state index contributed by atoms with van der Waals surface area (Å²) in [7, 11) is 2.03. The molecule has 1 heterocycles. The fourth-order valence-corrected chi connectivity index (χ4v) is 10.1. The first-order valence-corrected chi connectivity index (χ1v) is 14.2. The number of ketones is 1. The monoisotopic (exact) mass is 488 g/mol. The molecule has 192 valence electrons. The topological polar surface area (TPSA) is 62.1 Å². The summed E-state index contributed by atoms with van der Waals surface area (Å²) in [4.78, 5) is 19.0. The van der Waals surface area contributed by atoms with E-state index in [-0.39, 0.29) is 34.6 Å². The standard InChI is InChI=1S/C31H40N2O3/c1-29-13-12-20(34)16-19(29)8-9-21-22-10-11-23(30(22,2)18-31(14-15-31)27(21)29)26(35)17-36-28-32-24-6-4-5-7-25(24)33(28)3/h4-7,12-13,16,21-27,35H,8-11,14-15,17-18H2,1-3H3. The maximum atomic E-state index is 12.2. The summed E-state index contributed by atoms with van der Waals surface area (Å²) in [5.41, 5.74) is 1.91. The van der Waals surface area contributed by atoms with Gasteiger partial charge in [0, 0.05) is 12.5 Å². The van der Waals surface area contributed by atoms with Gasteiger partial charge in [-0.05, 0) is 91.6 Å². The number of hydrogen-bond donors (Lipinski definition) is 1. The lowest BCUT2D eigenvalue weighted by atomic mass is 9.43. The molecule has 4 fully saturated rings. The van der Waals surface area contributed by atoms with Crippen LogP contribution in [0.1, 0.15) is 58.8 Å². The van der Waals surface area contributed by atoms with E-state index < -0.39 is 6.10 Å². The van der Waals surface area contributed by atoms with Gasteiger partial charge in [0.05, 0.1) is 18.2 Å². The molecule has 9 unspecified atom stereocenters. The van der Waals surface area contributed by atoms with Gasteiger partial charge in [-0.25, -0.2) is 4.99 Å². The highest BCUT2D eigenvalue weighted by molar-refractivity contribution is 6.01. The third-order valence-electron chi connectivity index (χ3n) is 11.6. The number of aliphatic imine (C=N–C) groups is 1. The second-order valence-electron chi connectivity index (χ2n) is 13.4. The van der Waals surface area contributed by atoms with E-state index in [1.165, 1.54) is 37.7 Å². The average Bonchev–Trinajstić information content (AvgIpc) is 3.40. The van der Waals surface area contributed by atoms with Crippen molar-refractivity contribution in [2.75, 3.05) is 13.7 Å². The Hall–Kier alpha value is -2.14. The Kier molecular flexibility index (Phi) is 4.92. The van der Waals surface area contributed by atoms with Gasteiger partial charge in [0.1, 0.15) is 6.61 Å². The van der Waals surface area contributed by atoms with Crippen LogP contribution in [-0.4, -0.2) is 53.7 Å². The zero-order chi connectivity index (χ0) is 24.9. The number of hydrogen-bond acceptors (Lipinski definition) is 5. The van der Waals surface area contributed by atoms with Crippen molar-refractivity contribution in [3.63, 3.8) is 0 Å². The molecular weight excluding hydrogens is 448 g/mol. The highest BCUT2D eigenvalue weighted by Gasteiger charge is 2.70. The van der Waals surface area contributed by atoms with Gasteiger partial charge < -0.3 is 14.7 Å². The molecule has 36 heavy (non-hydrogen) atoms. The highest BCUT2D eigenvalue weighted by atomic mass is 16.5. The summed E-state index contributed by atoms with van der Waals surface area (Å²) in [5, 5.41) is 11.5. The zero-order valence-corrected chi connectivity index (χ0v) is 21.9. The van der Waals surface area contributed by atoms with Crippen molar-refractivity contribution < 1.29 is 14.6 Å². The Labute approximate surface area is 215 Å². The predicted octanol–water partition coefficient (Wildman–Crippen LogP) is 4.84. The zero-order valence-electron chi connectivity index (χ0n) is 21.9.